The fourth-order valence-corrected chi connectivity index (χ4v) is 2.39. The van der Waals surface area contributed by atoms with Crippen LogP contribution in [0.2, 0.25) is 0 Å². The summed E-state index contributed by atoms with van der Waals surface area (Å²) in [7, 11) is 0. The third-order valence-electron chi connectivity index (χ3n) is 3.40. The zero-order valence-corrected chi connectivity index (χ0v) is 10.9. The van der Waals surface area contributed by atoms with Crippen molar-refractivity contribution >= 4 is 16.7 Å². The van der Waals surface area contributed by atoms with Gasteiger partial charge in [0.15, 0.2) is 0 Å². The van der Waals surface area contributed by atoms with Crippen molar-refractivity contribution in [2.75, 3.05) is 0 Å². The van der Waals surface area contributed by atoms with Gasteiger partial charge in [0.05, 0.1) is 11.8 Å². The monoisotopic (exact) mass is 278 g/mol. The molecule has 0 fully saturated rings. The first-order chi connectivity index (χ1) is 10.3. The number of carbonyl (C=O) groups excluding carboxylic acids is 1. The van der Waals surface area contributed by atoms with Crippen LogP contribution in [0.15, 0.2) is 54.7 Å². The number of benzene rings is 2. The summed E-state index contributed by atoms with van der Waals surface area (Å²) in [5, 5.41) is 9.66. The van der Waals surface area contributed by atoms with Gasteiger partial charge in [-0.3, -0.25) is 0 Å². The molecule has 0 amide bonds. The van der Waals surface area contributed by atoms with Gasteiger partial charge < -0.3 is 9.47 Å². The van der Waals surface area contributed by atoms with Crippen molar-refractivity contribution in [3.8, 4) is 5.88 Å². The average Bonchev–Trinajstić information content (AvgIpc) is 2.85. The van der Waals surface area contributed by atoms with Gasteiger partial charge in [0.1, 0.15) is 0 Å². The van der Waals surface area contributed by atoms with E-state index in [-0.39, 0.29) is 5.97 Å². The number of hydrogen-bond acceptors (Lipinski definition) is 5. The summed E-state index contributed by atoms with van der Waals surface area (Å²) in [4.78, 5) is 11.8. The van der Waals surface area contributed by atoms with Gasteiger partial charge in [-0.05, 0) is 12.1 Å². The van der Waals surface area contributed by atoms with Crippen LogP contribution in [0.25, 0.3) is 10.8 Å². The van der Waals surface area contributed by atoms with E-state index in [1.807, 2.05) is 36.4 Å². The molecule has 1 aromatic heterocycles. The van der Waals surface area contributed by atoms with Crippen molar-refractivity contribution < 1.29 is 14.3 Å². The highest BCUT2D eigenvalue weighted by molar-refractivity contribution is 5.94. The zero-order chi connectivity index (χ0) is 14.2. The molecular formula is C16H10N2O3. The summed E-state index contributed by atoms with van der Waals surface area (Å²) < 4.78 is 11.0. The maximum absolute atomic E-state index is 11.8. The molecule has 1 atom stereocenters. The largest absolute Gasteiger partial charge is 0.431 e. The lowest BCUT2D eigenvalue weighted by molar-refractivity contribution is -0.0399. The molecule has 0 aliphatic carbocycles. The van der Waals surface area contributed by atoms with E-state index in [1.54, 1.807) is 18.3 Å². The summed E-state index contributed by atoms with van der Waals surface area (Å²) in [5.74, 6) is -0.0357. The van der Waals surface area contributed by atoms with Crippen LogP contribution >= 0.6 is 0 Å². The Labute approximate surface area is 120 Å². The Hall–Kier alpha value is -2.95. The lowest BCUT2D eigenvalue weighted by atomic mass is 10.1. The van der Waals surface area contributed by atoms with Crippen LogP contribution in [0.3, 0.4) is 0 Å². The molecule has 4 rings (SSSR count). The molecule has 0 bridgehead atoms. The molecule has 102 valence electrons. The minimum absolute atomic E-state index is 0.350. The Bertz CT molecular complexity index is 842. The van der Waals surface area contributed by atoms with Crippen LogP contribution in [0.5, 0.6) is 5.88 Å². The number of carbonyl (C=O) groups is 1. The van der Waals surface area contributed by atoms with Crippen LogP contribution in [0.1, 0.15) is 22.2 Å². The number of cyclic esters (lactones) is 1. The number of hydrogen-bond donors (Lipinski definition) is 0. The van der Waals surface area contributed by atoms with E-state index >= 15 is 0 Å². The first-order valence-electron chi connectivity index (χ1n) is 6.50. The highest BCUT2D eigenvalue weighted by Crippen LogP contribution is 2.33. The molecule has 0 saturated carbocycles. The van der Waals surface area contributed by atoms with Gasteiger partial charge in [-0.25, -0.2) is 4.79 Å². The summed E-state index contributed by atoms with van der Waals surface area (Å²) >= 11 is 0. The van der Waals surface area contributed by atoms with Gasteiger partial charge in [-0.1, -0.05) is 36.4 Å². The van der Waals surface area contributed by atoms with Crippen molar-refractivity contribution in [1.82, 2.24) is 10.2 Å². The van der Waals surface area contributed by atoms with Gasteiger partial charge in [-0.15, -0.1) is 5.10 Å². The third-order valence-corrected chi connectivity index (χ3v) is 3.40. The number of fused-ring (bicyclic) bond motifs is 2. The van der Waals surface area contributed by atoms with Crippen molar-refractivity contribution in [2.45, 2.75) is 6.29 Å². The molecule has 0 N–H and O–H groups in total. The first-order valence-corrected chi connectivity index (χ1v) is 6.50. The Morgan fingerprint density at radius 3 is 2.81 bits per heavy atom. The topological polar surface area (TPSA) is 61.3 Å². The van der Waals surface area contributed by atoms with Crippen molar-refractivity contribution in [2.24, 2.45) is 0 Å². The predicted molar refractivity (Wildman–Crippen MR) is 74.8 cm³/mol. The van der Waals surface area contributed by atoms with E-state index < -0.39 is 6.29 Å². The second kappa shape index (κ2) is 4.56. The average molecular weight is 278 g/mol. The standard InChI is InChI=1S/C16H10N2O3/c19-15-12-7-3-4-8-13(12)16(21-15)20-14-11-6-2-1-5-10(11)9-17-18-14/h1-9,16H. The van der Waals surface area contributed by atoms with Gasteiger partial charge >= 0.3 is 5.97 Å². The third kappa shape index (κ3) is 1.90. The lowest BCUT2D eigenvalue weighted by Crippen LogP contribution is -2.08. The fraction of sp³-hybridized carbons (Fsp3) is 0.0625. The van der Waals surface area contributed by atoms with E-state index in [2.05, 4.69) is 10.2 Å². The van der Waals surface area contributed by atoms with Crippen LogP contribution in [0.4, 0.5) is 0 Å². The van der Waals surface area contributed by atoms with Crippen LogP contribution < -0.4 is 4.74 Å². The second-order valence-corrected chi connectivity index (χ2v) is 4.68. The number of nitrogens with zero attached hydrogens (tertiary/aromatic N) is 2. The summed E-state index contributed by atoms with van der Waals surface area (Å²) in [6.45, 7) is 0. The molecule has 0 spiro atoms. The predicted octanol–water partition coefficient (Wildman–Crippen LogP) is 2.88. The van der Waals surface area contributed by atoms with Crippen molar-refractivity contribution in [3.05, 3.63) is 65.9 Å². The second-order valence-electron chi connectivity index (χ2n) is 4.68. The Kier molecular flexibility index (Phi) is 2.57. The molecule has 2 aromatic carbocycles. The highest BCUT2D eigenvalue weighted by Gasteiger charge is 2.32. The molecule has 5 heteroatoms. The maximum Gasteiger partial charge on any atom is 0.342 e. The van der Waals surface area contributed by atoms with Crippen LogP contribution in [-0.4, -0.2) is 16.2 Å². The molecule has 0 saturated heterocycles. The van der Waals surface area contributed by atoms with Gasteiger partial charge in [-0.2, -0.15) is 5.10 Å². The molecule has 2 heterocycles. The molecule has 21 heavy (non-hydrogen) atoms. The first kappa shape index (κ1) is 11.8. The zero-order valence-electron chi connectivity index (χ0n) is 10.9. The maximum atomic E-state index is 11.8. The van der Waals surface area contributed by atoms with E-state index in [4.69, 9.17) is 9.47 Å². The highest BCUT2D eigenvalue weighted by atomic mass is 16.7. The molecule has 0 radical (unpaired) electrons. The van der Waals surface area contributed by atoms with E-state index in [1.165, 1.54) is 0 Å². The Balaban J connectivity index is 1.75. The quantitative estimate of drug-likeness (QED) is 0.674. The van der Waals surface area contributed by atoms with Gasteiger partial charge in [0, 0.05) is 16.3 Å². The fourth-order valence-electron chi connectivity index (χ4n) is 2.39. The smallest absolute Gasteiger partial charge is 0.342 e. The van der Waals surface area contributed by atoms with Crippen molar-refractivity contribution in [3.63, 3.8) is 0 Å². The van der Waals surface area contributed by atoms with E-state index in [0.717, 1.165) is 10.8 Å². The minimum Gasteiger partial charge on any atom is -0.431 e. The summed E-state index contributed by atoms with van der Waals surface area (Å²) in [5.41, 5.74) is 1.23. The Morgan fingerprint density at radius 2 is 1.86 bits per heavy atom. The molecule has 1 unspecified atom stereocenters. The van der Waals surface area contributed by atoms with Gasteiger partial charge in [0.2, 0.25) is 5.88 Å². The Morgan fingerprint density at radius 1 is 1.05 bits per heavy atom. The van der Waals surface area contributed by atoms with Crippen molar-refractivity contribution in [1.29, 1.82) is 0 Å². The van der Waals surface area contributed by atoms with Crippen LogP contribution in [0, 0.1) is 0 Å². The number of aromatic nitrogens is 2. The van der Waals surface area contributed by atoms with E-state index in [0.29, 0.717) is 17.0 Å². The molecule has 1 aliphatic heterocycles. The molecule has 3 aromatic rings. The van der Waals surface area contributed by atoms with Crippen LogP contribution in [-0.2, 0) is 4.74 Å². The summed E-state index contributed by atoms with van der Waals surface area (Å²) in [6.07, 6.45) is 0.880. The number of rotatable bonds is 2. The molecule has 5 nitrogen and oxygen atoms in total. The minimum atomic E-state index is -0.784. The molecule has 1 aliphatic rings. The molecular weight excluding hydrogens is 268 g/mol. The number of ether oxygens (including phenoxy) is 2. The normalized spacial score (nSPS) is 16.6. The lowest BCUT2D eigenvalue weighted by Gasteiger charge is -2.13. The summed E-state index contributed by atoms with van der Waals surface area (Å²) in [6, 6.07) is 14.8. The van der Waals surface area contributed by atoms with Gasteiger partial charge in [0.25, 0.3) is 6.29 Å². The van der Waals surface area contributed by atoms with E-state index in [9.17, 15) is 4.79 Å². The number of esters is 1. The SMILES string of the molecule is O=C1OC(Oc2nncc3ccccc23)c2ccccc21.